The fraction of sp³-hybridized carbons (Fsp3) is 0.444. The lowest BCUT2D eigenvalue weighted by Gasteiger charge is -2.45. The van der Waals surface area contributed by atoms with E-state index in [1.165, 1.54) is 15.9 Å². The first-order chi connectivity index (χ1) is 14.1. The molecule has 1 unspecified atom stereocenters. The lowest BCUT2D eigenvalue weighted by Crippen LogP contribution is -2.63. The molecule has 2 nitrogen and oxygen atoms in total. The molecule has 2 aromatic rings. The molecule has 1 fully saturated rings. The number of hydrogen-bond donors (Lipinski definition) is 0. The summed E-state index contributed by atoms with van der Waals surface area (Å²) in [6.45, 7) is 13.9. The van der Waals surface area contributed by atoms with Crippen LogP contribution in [0.3, 0.4) is 0 Å². The molecule has 0 N–H and O–H groups in total. The molecule has 2 aromatic carbocycles. The Balaban J connectivity index is 2.30. The van der Waals surface area contributed by atoms with Gasteiger partial charge in [-0.15, -0.1) is 0 Å². The minimum absolute atomic E-state index is 0.0139. The SMILES string of the molecule is CCOC1CC(=O)C(C)(C)/C(=C/[Si](c2ccccc2)(c2ccccc2)C(C)(C)C)C1. The number of carbonyl (C=O) groups is 1. The summed E-state index contributed by atoms with van der Waals surface area (Å²) < 4.78 is 5.94. The molecule has 160 valence electrons. The lowest BCUT2D eigenvalue weighted by atomic mass is 9.72. The number of carbonyl (C=O) groups excluding carboxylic acids is 1. The van der Waals surface area contributed by atoms with Crippen LogP contribution < -0.4 is 10.4 Å². The third-order valence-corrected chi connectivity index (χ3v) is 12.4. The molecule has 0 bridgehead atoms. The van der Waals surface area contributed by atoms with Crippen LogP contribution in [0.1, 0.15) is 54.4 Å². The van der Waals surface area contributed by atoms with Gasteiger partial charge in [0.2, 0.25) is 0 Å². The maximum Gasteiger partial charge on any atom is 0.146 e. The summed E-state index contributed by atoms with van der Waals surface area (Å²) in [6, 6.07) is 21.9. The second kappa shape index (κ2) is 8.64. The third kappa shape index (κ3) is 4.10. The predicted molar refractivity (Wildman–Crippen MR) is 129 cm³/mol. The van der Waals surface area contributed by atoms with Crippen molar-refractivity contribution in [1.82, 2.24) is 0 Å². The Morgan fingerprint density at radius 1 is 0.967 bits per heavy atom. The van der Waals surface area contributed by atoms with Crippen molar-refractivity contribution in [3.63, 3.8) is 0 Å². The zero-order chi connectivity index (χ0) is 22.0. The summed E-state index contributed by atoms with van der Waals surface area (Å²) in [7, 11) is -2.38. The molecule has 0 spiro atoms. The summed E-state index contributed by atoms with van der Waals surface area (Å²) in [4.78, 5) is 13.1. The Morgan fingerprint density at radius 2 is 1.47 bits per heavy atom. The summed E-state index contributed by atoms with van der Waals surface area (Å²) in [5, 5.41) is 2.80. The van der Waals surface area contributed by atoms with Crippen molar-refractivity contribution >= 4 is 24.2 Å². The summed E-state index contributed by atoms with van der Waals surface area (Å²) in [5.74, 6) is 0.288. The normalized spacial score (nSPS) is 21.1. The van der Waals surface area contributed by atoms with Crippen molar-refractivity contribution in [3.05, 3.63) is 71.9 Å². The van der Waals surface area contributed by atoms with E-state index in [9.17, 15) is 4.79 Å². The van der Waals surface area contributed by atoms with Gasteiger partial charge in [0.1, 0.15) is 13.9 Å². The van der Waals surface area contributed by atoms with Crippen LogP contribution in [0.5, 0.6) is 0 Å². The van der Waals surface area contributed by atoms with E-state index in [4.69, 9.17) is 4.74 Å². The van der Waals surface area contributed by atoms with Crippen LogP contribution in [0.25, 0.3) is 0 Å². The maximum absolute atomic E-state index is 13.1. The van der Waals surface area contributed by atoms with Gasteiger partial charge in [0, 0.05) is 18.4 Å². The molecule has 3 heteroatoms. The minimum Gasteiger partial charge on any atom is -0.378 e. The molecule has 0 amide bonds. The van der Waals surface area contributed by atoms with Crippen LogP contribution in [0, 0.1) is 5.41 Å². The molecular formula is C27H36O2Si. The average molecular weight is 421 g/mol. The van der Waals surface area contributed by atoms with Crippen molar-refractivity contribution in [2.75, 3.05) is 6.61 Å². The van der Waals surface area contributed by atoms with Crippen LogP contribution in [0.4, 0.5) is 0 Å². The van der Waals surface area contributed by atoms with Crippen molar-refractivity contribution in [3.8, 4) is 0 Å². The summed E-state index contributed by atoms with van der Waals surface area (Å²) in [5.41, 5.74) is 3.33. The topological polar surface area (TPSA) is 26.3 Å². The third-order valence-electron chi connectivity index (χ3n) is 6.79. The van der Waals surface area contributed by atoms with Crippen molar-refractivity contribution in [2.45, 2.75) is 65.5 Å². The number of ketones is 1. The van der Waals surface area contributed by atoms with Crippen molar-refractivity contribution in [2.24, 2.45) is 5.41 Å². The average Bonchev–Trinajstić information content (AvgIpc) is 2.70. The highest BCUT2D eigenvalue weighted by Crippen LogP contribution is 2.43. The highest BCUT2D eigenvalue weighted by atomic mass is 28.3. The van der Waals surface area contributed by atoms with E-state index < -0.39 is 13.5 Å². The number of rotatable bonds is 5. The Kier molecular flexibility index (Phi) is 6.54. The molecular weight excluding hydrogens is 384 g/mol. The smallest absolute Gasteiger partial charge is 0.146 e. The molecule has 0 aromatic heterocycles. The van der Waals surface area contributed by atoms with E-state index in [2.05, 4.69) is 101 Å². The number of ether oxygens (including phenoxy) is 1. The van der Waals surface area contributed by atoms with Gasteiger partial charge in [0.15, 0.2) is 0 Å². The van der Waals surface area contributed by atoms with E-state index in [0.717, 1.165) is 6.42 Å². The Bertz CT molecular complexity index is 852. The van der Waals surface area contributed by atoms with Crippen LogP contribution in [-0.4, -0.2) is 26.6 Å². The van der Waals surface area contributed by atoms with Gasteiger partial charge < -0.3 is 4.74 Å². The largest absolute Gasteiger partial charge is 0.378 e. The zero-order valence-corrected chi connectivity index (χ0v) is 20.4. The second-order valence-electron chi connectivity index (χ2n) is 9.99. The van der Waals surface area contributed by atoms with Gasteiger partial charge in [0.05, 0.1) is 6.10 Å². The van der Waals surface area contributed by atoms with Gasteiger partial charge in [-0.05, 0) is 42.6 Å². The fourth-order valence-electron chi connectivity index (χ4n) is 4.89. The second-order valence-corrected chi connectivity index (χ2v) is 14.6. The van der Waals surface area contributed by atoms with E-state index in [1.807, 2.05) is 6.92 Å². The van der Waals surface area contributed by atoms with Gasteiger partial charge in [0.25, 0.3) is 0 Å². The van der Waals surface area contributed by atoms with Crippen molar-refractivity contribution < 1.29 is 9.53 Å². The van der Waals surface area contributed by atoms with Gasteiger partial charge in [-0.1, -0.05) is 92.7 Å². The van der Waals surface area contributed by atoms with Crippen molar-refractivity contribution in [1.29, 1.82) is 0 Å². The highest BCUT2D eigenvalue weighted by Gasteiger charge is 2.49. The molecule has 1 atom stereocenters. The molecule has 1 aliphatic carbocycles. The Hall–Kier alpha value is -1.97. The van der Waals surface area contributed by atoms with E-state index in [1.54, 1.807) is 0 Å². The monoisotopic (exact) mass is 420 g/mol. The standard InChI is InChI=1S/C27H36O2Si/c1-7-29-22-18-21(27(5,6)25(28)19-22)20-30(26(2,3)4,23-14-10-8-11-15-23)24-16-12-9-13-17-24/h8-17,20,22H,7,18-19H2,1-6H3/b21-20+. The molecule has 0 heterocycles. The summed E-state index contributed by atoms with van der Waals surface area (Å²) in [6.07, 6.45) is 1.33. The number of benzene rings is 2. The van der Waals surface area contributed by atoms with Gasteiger partial charge in [-0.25, -0.2) is 0 Å². The van der Waals surface area contributed by atoms with Gasteiger partial charge in [-0.2, -0.15) is 0 Å². The van der Waals surface area contributed by atoms with Crippen LogP contribution in [0.2, 0.25) is 5.04 Å². The van der Waals surface area contributed by atoms with Crippen LogP contribution in [-0.2, 0) is 9.53 Å². The predicted octanol–water partition coefficient (Wildman–Crippen LogP) is 5.31. The van der Waals surface area contributed by atoms with Gasteiger partial charge in [-0.3, -0.25) is 4.79 Å². The Morgan fingerprint density at radius 3 is 1.90 bits per heavy atom. The molecule has 1 aliphatic rings. The number of Topliss-reactive ketones (excluding diaryl/α,β-unsaturated/α-hetero) is 1. The molecule has 0 saturated heterocycles. The van der Waals surface area contributed by atoms with Crippen LogP contribution >= 0.6 is 0 Å². The fourth-order valence-corrected chi connectivity index (χ4v) is 10.2. The molecule has 30 heavy (non-hydrogen) atoms. The first-order valence-electron chi connectivity index (χ1n) is 11.1. The maximum atomic E-state index is 13.1. The first kappa shape index (κ1) is 22.7. The molecule has 1 saturated carbocycles. The lowest BCUT2D eigenvalue weighted by molar-refractivity contribution is -0.130. The quantitative estimate of drug-likeness (QED) is 0.613. The highest BCUT2D eigenvalue weighted by molar-refractivity contribution is 7.07. The first-order valence-corrected chi connectivity index (χ1v) is 13.2. The van der Waals surface area contributed by atoms with Gasteiger partial charge >= 0.3 is 0 Å². The molecule has 3 rings (SSSR count). The zero-order valence-electron chi connectivity index (χ0n) is 19.4. The van der Waals surface area contributed by atoms with E-state index in [0.29, 0.717) is 13.0 Å². The minimum atomic E-state index is -2.38. The molecule has 0 radical (unpaired) electrons. The van der Waals surface area contributed by atoms with E-state index >= 15 is 0 Å². The van der Waals surface area contributed by atoms with Crippen LogP contribution in [0.15, 0.2) is 71.9 Å². The molecule has 0 aliphatic heterocycles. The summed E-state index contributed by atoms with van der Waals surface area (Å²) >= 11 is 0. The van der Waals surface area contributed by atoms with E-state index in [-0.39, 0.29) is 16.9 Å². The number of hydrogen-bond acceptors (Lipinski definition) is 2. The Labute approximate surface area is 183 Å².